The lowest BCUT2D eigenvalue weighted by Crippen LogP contribution is -2.41. The van der Waals surface area contributed by atoms with Crippen LogP contribution in [0.2, 0.25) is 0 Å². The first-order valence-corrected chi connectivity index (χ1v) is 10.1. The first kappa shape index (κ1) is 19.3. The van der Waals surface area contributed by atoms with Crippen molar-refractivity contribution >= 4 is 29.0 Å². The number of nitrogens with one attached hydrogen (secondary N) is 1. The number of aryl methyl sites for hydroxylation is 1. The van der Waals surface area contributed by atoms with Gasteiger partial charge in [0.2, 0.25) is 5.91 Å². The normalized spacial score (nSPS) is 14.8. The van der Waals surface area contributed by atoms with E-state index in [0.29, 0.717) is 53.0 Å². The van der Waals surface area contributed by atoms with E-state index in [1.165, 1.54) is 23.6 Å². The highest BCUT2D eigenvalue weighted by molar-refractivity contribution is 7.16. The molecule has 1 aromatic carbocycles. The Morgan fingerprint density at radius 3 is 2.72 bits per heavy atom. The number of likely N-dealkylation sites (tertiary alicyclic amines) is 1. The predicted molar refractivity (Wildman–Crippen MR) is 106 cm³/mol. The van der Waals surface area contributed by atoms with Gasteiger partial charge < -0.3 is 14.7 Å². The summed E-state index contributed by atoms with van der Waals surface area (Å²) in [5.74, 6) is 0.207. The van der Waals surface area contributed by atoms with Gasteiger partial charge in [0.1, 0.15) is 21.5 Å². The zero-order valence-electron chi connectivity index (χ0n) is 15.7. The van der Waals surface area contributed by atoms with Crippen LogP contribution in [-0.4, -0.2) is 39.9 Å². The van der Waals surface area contributed by atoms with E-state index in [-0.39, 0.29) is 23.5 Å². The molecule has 2 aromatic heterocycles. The molecule has 7 nitrogen and oxygen atoms in total. The fourth-order valence-corrected chi connectivity index (χ4v) is 4.20. The quantitative estimate of drug-likeness (QED) is 0.703. The lowest BCUT2D eigenvalue weighted by molar-refractivity contribution is -0.121. The number of rotatable bonds is 4. The van der Waals surface area contributed by atoms with Gasteiger partial charge in [-0.1, -0.05) is 17.3 Å². The summed E-state index contributed by atoms with van der Waals surface area (Å²) < 4.78 is 18.9. The highest BCUT2D eigenvalue weighted by Gasteiger charge is 2.29. The summed E-state index contributed by atoms with van der Waals surface area (Å²) in [7, 11) is 0. The van der Waals surface area contributed by atoms with Crippen LogP contribution in [-0.2, 0) is 4.79 Å². The van der Waals surface area contributed by atoms with Crippen LogP contribution >= 0.6 is 11.3 Å². The topological polar surface area (TPSA) is 88.3 Å². The van der Waals surface area contributed by atoms with E-state index in [4.69, 9.17) is 4.52 Å². The summed E-state index contributed by atoms with van der Waals surface area (Å²) in [6, 6.07) is 8.02. The second-order valence-corrected chi connectivity index (χ2v) is 7.92. The van der Waals surface area contributed by atoms with Crippen molar-refractivity contribution in [3.8, 4) is 10.6 Å². The van der Waals surface area contributed by atoms with Crippen molar-refractivity contribution in [2.75, 3.05) is 18.4 Å². The standard InChI is InChI=1S/C20H19FN4O3S/c1-12-10-17(24-28-12)23-18(26)13-6-8-25(9-7-13)20(27)16-11-22-19(29-16)14-4-2-3-5-15(14)21/h2-5,10-11,13H,6-9H2,1H3,(H,23,24,26). The molecule has 150 valence electrons. The number of anilines is 1. The fraction of sp³-hybridized carbons (Fsp3) is 0.300. The molecule has 0 aliphatic carbocycles. The number of carbonyl (C=O) groups excluding carboxylic acids is 2. The number of halogens is 1. The van der Waals surface area contributed by atoms with E-state index in [2.05, 4.69) is 15.5 Å². The SMILES string of the molecule is Cc1cc(NC(=O)C2CCN(C(=O)c3cnc(-c4ccccc4F)s3)CC2)no1. The van der Waals surface area contributed by atoms with Gasteiger partial charge in [-0.3, -0.25) is 9.59 Å². The smallest absolute Gasteiger partial charge is 0.265 e. The summed E-state index contributed by atoms with van der Waals surface area (Å²) in [6.07, 6.45) is 2.61. The number of hydrogen-bond acceptors (Lipinski definition) is 6. The van der Waals surface area contributed by atoms with Crippen molar-refractivity contribution in [2.24, 2.45) is 5.92 Å². The van der Waals surface area contributed by atoms with Gasteiger partial charge in [0.15, 0.2) is 5.82 Å². The minimum absolute atomic E-state index is 0.120. The Labute approximate surface area is 170 Å². The Morgan fingerprint density at radius 2 is 2.03 bits per heavy atom. The summed E-state index contributed by atoms with van der Waals surface area (Å²) in [6.45, 7) is 2.70. The Morgan fingerprint density at radius 1 is 1.28 bits per heavy atom. The van der Waals surface area contributed by atoms with Crippen LogP contribution in [0.5, 0.6) is 0 Å². The first-order valence-electron chi connectivity index (χ1n) is 9.25. The number of nitrogens with zero attached hydrogens (tertiary/aromatic N) is 3. The van der Waals surface area contributed by atoms with Crippen molar-refractivity contribution < 1.29 is 18.5 Å². The van der Waals surface area contributed by atoms with Gasteiger partial charge in [0.05, 0.1) is 6.20 Å². The second-order valence-electron chi connectivity index (χ2n) is 6.89. The van der Waals surface area contributed by atoms with E-state index in [1.54, 1.807) is 36.1 Å². The molecule has 0 saturated carbocycles. The largest absolute Gasteiger partial charge is 0.360 e. The van der Waals surface area contributed by atoms with Crippen molar-refractivity contribution in [2.45, 2.75) is 19.8 Å². The molecule has 9 heteroatoms. The molecule has 1 aliphatic rings. The maximum atomic E-state index is 13.9. The fourth-order valence-electron chi connectivity index (χ4n) is 3.29. The van der Waals surface area contributed by atoms with Crippen LogP contribution < -0.4 is 5.32 Å². The molecule has 4 rings (SSSR count). The van der Waals surface area contributed by atoms with Gasteiger partial charge >= 0.3 is 0 Å². The Balaban J connectivity index is 1.36. The molecule has 1 aliphatic heterocycles. The third-order valence-electron chi connectivity index (χ3n) is 4.85. The highest BCUT2D eigenvalue weighted by Crippen LogP contribution is 2.29. The lowest BCUT2D eigenvalue weighted by Gasteiger charge is -2.30. The molecule has 0 spiro atoms. The van der Waals surface area contributed by atoms with Gasteiger partial charge in [0.25, 0.3) is 5.91 Å². The van der Waals surface area contributed by atoms with Gasteiger partial charge in [-0.2, -0.15) is 0 Å². The summed E-state index contributed by atoms with van der Waals surface area (Å²) in [5.41, 5.74) is 0.384. The van der Waals surface area contributed by atoms with E-state index in [9.17, 15) is 14.0 Å². The maximum Gasteiger partial charge on any atom is 0.265 e. The minimum Gasteiger partial charge on any atom is -0.360 e. The summed E-state index contributed by atoms with van der Waals surface area (Å²) >= 11 is 1.17. The summed E-state index contributed by atoms with van der Waals surface area (Å²) in [4.78, 5) is 31.5. The van der Waals surface area contributed by atoms with Crippen LogP contribution in [0.25, 0.3) is 10.6 Å². The Kier molecular flexibility index (Phi) is 5.39. The van der Waals surface area contributed by atoms with E-state index < -0.39 is 0 Å². The number of hydrogen-bond donors (Lipinski definition) is 1. The molecule has 3 aromatic rings. The number of carbonyl (C=O) groups is 2. The Bertz CT molecular complexity index is 1040. The molecule has 0 radical (unpaired) electrons. The second kappa shape index (κ2) is 8.12. The molecule has 1 fully saturated rings. The molecule has 0 bridgehead atoms. The van der Waals surface area contributed by atoms with Gasteiger partial charge in [-0.05, 0) is 31.9 Å². The zero-order valence-corrected chi connectivity index (χ0v) is 16.5. The third-order valence-corrected chi connectivity index (χ3v) is 5.87. The molecular weight excluding hydrogens is 395 g/mol. The number of benzene rings is 1. The molecule has 0 unspecified atom stereocenters. The van der Waals surface area contributed by atoms with Crippen LogP contribution in [0.1, 0.15) is 28.3 Å². The van der Waals surface area contributed by atoms with Crippen LogP contribution in [0.15, 0.2) is 41.1 Å². The van der Waals surface area contributed by atoms with Crippen molar-refractivity contribution in [1.29, 1.82) is 0 Å². The third kappa shape index (κ3) is 4.19. The van der Waals surface area contributed by atoms with Gasteiger partial charge in [0, 0.05) is 30.6 Å². The molecule has 3 heterocycles. The molecule has 0 atom stereocenters. The van der Waals surface area contributed by atoms with Crippen LogP contribution in [0, 0.1) is 18.7 Å². The monoisotopic (exact) mass is 414 g/mol. The van der Waals surface area contributed by atoms with Gasteiger partial charge in [-0.15, -0.1) is 11.3 Å². The minimum atomic E-state index is -0.366. The maximum absolute atomic E-state index is 13.9. The number of piperidine rings is 1. The number of amides is 2. The first-order chi connectivity index (χ1) is 14.0. The average molecular weight is 414 g/mol. The van der Waals surface area contributed by atoms with Crippen LogP contribution in [0.4, 0.5) is 10.2 Å². The molecule has 2 amide bonds. The van der Waals surface area contributed by atoms with Crippen molar-refractivity contribution in [3.63, 3.8) is 0 Å². The molecular formula is C20H19FN4O3S. The van der Waals surface area contributed by atoms with Gasteiger partial charge in [-0.25, -0.2) is 9.37 Å². The highest BCUT2D eigenvalue weighted by atomic mass is 32.1. The van der Waals surface area contributed by atoms with Crippen LogP contribution in [0.3, 0.4) is 0 Å². The number of thiazole rings is 1. The zero-order chi connectivity index (χ0) is 20.4. The predicted octanol–water partition coefficient (Wildman–Crippen LogP) is 3.74. The number of aromatic nitrogens is 2. The van der Waals surface area contributed by atoms with E-state index in [1.807, 2.05) is 0 Å². The van der Waals surface area contributed by atoms with E-state index >= 15 is 0 Å². The van der Waals surface area contributed by atoms with Crippen molar-refractivity contribution in [1.82, 2.24) is 15.0 Å². The molecule has 1 saturated heterocycles. The lowest BCUT2D eigenvalue weighted by atomic mass is 9.96. The average Bonchev–Trinajstić information content (AvgIpc) is 3.37. The summed E-state index contributed by atoms with van der Waals surface area (Å²) in [5, 5.41) is 6.98. The molecule has 1 N–H and O–H groups in total. The van der Waals surface area contributed by atoms with Crippen molar-refractivity contribution in [3.05, 3.63) is 53.0 Å². The molecule has 29 heavy (non-hydrogen) atoms. The Hall–Kier alpha value is -3.07. The van der Waals surface area contributed by atoms with E-state index in [0.717, 1.165) is 0 Å².